The average molecular weight is 481 g/mol. The highest BCUT2D eigenvalue weighted by Crippen LogP contribution is 2.09. The topological polar surface area (TPSA) is 49.3 Å². The molecule has 1 heterocycles. The maximum absolute atomic E-state index is 13.5. The van der Waals surface area contributed by atoms with E-state index in [1.165, 1.54) is 6.07 Å². The van der Waals surface area contributed by atoms with Gasteiger partial charge in [-0.1, -0.05) is 17.7 Å². The van der Waals surface area contributed by atoms with Crippen LogP contribution in [0, 0.1) is 11.6 Å². The zero-order chi connectivity index (χ0) is 17.4. The molecule has 0 radical (unpaired) electrons. The lowest BCUT2D eigenvalue weighted by atomic mass is 10.1. The van der Waals surface area contributed by atoms with E-state index in [1.807, 2.05) is 6.07 Å². The first-order valence-electron chi connectivity index (χ1n) is 7.57. The second kappa shape index (κ2) is 11.2. The van der Waals surface area contributed by atoms with Gasteiger partial charge in [0.25, 0.3) is 0 Å². The van der Waals surface area contributed by atoms with Crippen LogP contribution >= 0.6 is 35.6 Å². The van der Waals surface area contributed by atoms with Crippen molar-refractivity contribution in [3.8, 4) is 0 Å². The van der Waals surface area contributed by atoms with Crippen LogP contribution in [0.15, 0.2) is 41.5 Å². The van der Waals surface area contributed by atoms with Gasteiger partial charge in [-0.2, -0.15) is 0 Å². The summed E-state index contributed by atoms with van der Waals surface area (Å²) in [6.07, 6.45) is 2.86. The fourth-order valence-electron chi connectivity index (χ4n) is 2.15. The Morgan fingerprint density at radius 3 is 2.48 bits per heavy atom. The Kier molecular flexibility index (Phi) is 9.66. The highest BCUT2D eigenvalue weighted by molar-refractivity contribution is 14.0. The summed E-state index contributed by atoms with van der Waals surface area (Å²) in [7, 11) is 1.65. The van der Waals surface area contributed by atoms with Gasteiger partial charge >= 0.3 is 0 Å². The molecule has 136 valence electrons. The highest BCUT2D eigenvalue weighted by atomic mass is 127. The highest BCUT2D eigenvalue weighted by Gasteiger charge is 2.04. The fraction of sp³-hybridized carbons (Fsp3) is 0.294. The van der Waals surface area contributed by atoms with Crippen LogP contribution in [-0.4, -0.2) is 31.1 Å². The molecule has 2 aromatic rings. The summed E-state index contributed by atoms with van der Waals surface area (Å²) >= 11 is 5.74. The van der Waals surface area contributed by atoms with Crippen molar-refractivity contribution >= 4 is 41.5 Å². The molecule has 0 spiro atoms. The molecule has 0 atom stereocenters. The maximum Gasteiger partial charge on any atom is 0.190 e. The Morgan fingerprint density at radius 2 is 1.84 bits per heavy atom. The summed E-state index contributed by atoms with van der Waals surface area (Å²) in [5.74, 6) is -0.240. The van der Waals surface area contributed by atoms with Gasteiger partial charge in [0.05, 0.1) is 0 Å². The predicted molar refractivity (Wildman–Crippen MR) is 108 cm³/mol. The summed E-state index contributed by atoms with van der Waals surface area (Å²) in [5.41, 5.74) is 1.40. The quantitative estimate of drug-likeness (QED) is 0.288. The lowest BCUT2D eigenvalue weighted by Gasteiger charge is -2.12. The molecule has 0 aliphatic heterocycles. The molecule has 0 saturated carbocycles. The average Bonchev–Trinajstić information content (AvgIpc) is 2.58. The van der Waals surface area contributed by atoms with Crippen LogP contribution in [0.4, 0.5) is 8.78 Å². The maximum atomic E-state index is 13.5. The number of benzene rings is 1. The summed E-state index contributed by atoms with van der Waals surface area (Å²) in [4.78, 5) is 8.12. The van der Waals surface area contributed by atoms with E-state index in [0.29, 0.717) is 36.2 Å². The van der Waals surface area contributed by atoms with E-state index in [2.05, 4.69) is 20.6 Å². The molecule has 0 unspecified atom stereocenters. The minimum atomic E-state index is -0.439. The van der Waals surface area contributed by atoms with Gasteiger partial charge in [0.15, 0.2) is 5.96 Å². The Hall–Kier alpha value is -1.48. The molecule has 1 aromatic carbocycles. The van der Waals surface area contributed by atoms with Gasteiger partial charge < -0.3 is 10.6 Å². The largest absolute Gasteiger partial charge is 0.356 e. The number of nitrogens with one attached hydrogen (secondary N) is 2. The number of halogens is 4. The second-order valence-corrected chi connectivity index (χ2v) is 5.54. The van der Waals surface area contributed by atoms with Gasteiger partial charge in [0, 0.05) is 26.3 Å². The SMILES string of the molecule is CN=C(NCCc1ccc(Cl)nc1)NCCc1cc(F)ccc1F.I. The number of hydrogen-bond acceptors (Lipinski definition) is 2. The monoisotopic (exact) mass is 480 g/mol. The van der Waals surface area contributed by atoms with Crippen molar-refractivity contribution in [1.29, 1.82) is 0 Å². The molecule has 0 amide bonds. The molecule has 4 nitrogen and oxygen atoms in total. The molecule has 25 heavy (non-hydrogen) atoms. The number of guanidine groups is 1. The minimum Gasteiger partial charge on any atom is -0.356 e. The third kappa shape index (κ3) is 7.52. The van der Waals surface area contributed by atoms with Crippen LogP contribution in [0.1, 0.15) is 11.1 Å². The molecule has 0 fully saturated rings. The number of nitrogens with zero attached hydrogens (tertiary/aromatic N) is 2. The Labute approximate surface area is 168 Å². The first-order chi connectivity index (χ1) is 11.6. The van der Waals surface area contributed by atoms with Crippen molar-refractivity contribution in [3.05, 3.63) is 64.4 Å². The molecule has 0 bridgehead atoms. The number of rotatable bonds is 6. The van der Waals surface area contributed by atoms with Gasteiger partial charge in [0.2, 0.25) is 0 Å². The minimum absolute atomic E-state index is 0. The van der Waals surface area contributed by atoms with Gasteiger partial charge in [-0.15, -0.1) is 24.0 Å². The Balaban J connectivity index is 0.00000312. The molecule has 2 N–H and O–H groups in total. The lowest BCUT2D eigenvalue weighted by Crippen LogP contribution is -2.39. The standard InChI is InChI=1S/C17H19ClF2N4.HI/c1-21-17(22-8-6-12-2-5-16(18)24-11-12)23-9-7-13-10-14(19)3-4-15(13)20;/h2-5,10-11H,6-9H2,1H3,(H2,21,22,23);1H. The van der Waals surface area contributed by atoms with Crippen molar-refractivity contribution in [2.75, 3.05) is 20.1 Å². The zero-order valence-electron chi connectivity index (χ0n) is 13.7. The number of aliphatic imine (C=N–C) groups is 1. The molecule has 0 aliphatic carbocycles. The second-order valence-electron chi connectivity index (χ2n) is 5.15. The van der Waals surface area contributed by atoms with E-state index in [1.54, 1.807) is 19.3 Å². The first kappa shape index (κ1) is 21.6. The van der Waals surface area contributed by atoms with Crippen LogP contribution in [-0.2, 0) is 12.8 Å². The van der Waals surface area contributed by atoms with Gasteiger partial charge in [-0.3, -0.25) is 4.99 Å². The van der Waals surface area contributed by atoms with E-state index in [9.17, 15) is 8.78 Å². The first-order valence-corrected chi connectivity index (χ1v) is 7.95. The fourth-order valence-corrected chi connectivity index (χ4v) is 2.26. The van der Waals surface area contributed by atoms with Crippen molar-refractivity contribution in [2.45, 2.75) is 12.8 Å². The van der Waals surface area contributed by atoms with Crippen LogP contribution in [0.25, 0.3) is 0 Å². The molecule has 8 heteroatoms. The third-order valence-corrected chi connectivity index (χ3v) is 3.64. The lowest BCUT2D eigenvalue weighted by molar-refractivity contribution is 0.583. The van der Waals surface area contributed by atoms with Gasteiger partial charge in [0.1, 0.15) is 16.8 Å². The Bertz CT molecular complexity index is 696. The molecule has 2 rings (SSSR count). The van der Waals surface area contributed by atoms with E-state index >= 15 is 0 Å². The van der Waals surface area contributed by atoms with Crippen molar-refractivity contribution in [1.82, 2.24) is 15.6 Å². The van der Waals surface area contributed by atoms with E-state index in [0.717, 1.165) is 24.1 Å². The number of aromatic nitrogens is 1. The Morgan fingerprint density at radius 1 is 1.12 bits per heavy atom. The number of pyridine rings is 1. The van der Waals surface area contributed by atoms with Crippen LogP contribution < -0.4 is 10.6 Å². The van der Waals surface area contributed by atoms with E-state index in [4.69, 9.17) is 11.6 Å². The van der Waals surface area contributed by atoms with Crippen molar-refractivity contribution in [2.24, 2.45) is 4.99 Å². The summed E-state index contributed by atoms with van der Waals surface area (Å²) in [6, 6.07) is 7.12. The molecular formula is C17H20ClF2IN4. The summed E-state index contributed by atoms with van der Waals surface area (Å²) in [6.45, 7) is 1.11. The van der Waals surface area contributed by atoms with Crippen molar-refractivity contribution in [3.63, 3.8) is 0 Å². The van der Waals surface area contributed by atoms with Gasteiger partial charge in [-0.05, 0) is 48.2 Å². The smallest absolute Gasteiger partial charge is 0.190 e. The third-order valence-electron chi connectivity index (χ3n) is 3.41. The summed E-state index contributed by atoms with van der Waals surface area (Å²) in [5, 5.41) is 6.69. The van der Waals surface area contributed by atoms with E-state index in [-0.39, 0.29) is 24.0 Å². The van der Waals surface area contributed by atoms with E-state index < -0.39 is 11.6 Å². The molecular weight excluding hydrogens is 461 g/mol. The van der Waals surface area contributed by atoms with Crippen molar-refractivity contribution < 1.29 is 8.78 Å². The number of hydrogen-bond donors (Lipinski definition) is 2. The summed E-state index contributed by atoms with van der Waals surface area (Å²) < 4.78 is 26.7. The van der Waals surface area contributed by atoms with Gasteiger partial charge in [-0.25, -0.2) is 13.8 Å². The normalized spacial score (nSPS) is 11.0. The molecule has 0 aliphatic rings. The van der Waals surface area contributed by atoms with Crippen LogP contribution in [0.5, 0.6) is 0 Å². The van der Waals surface area contributed by atoms with Crippen LogP contribution in [0.2, 0.25) is 5.15 Å². The van der Waals surface area contributed by atoms with Crippen LogP contribution in [0.3, 0.4) is 0 Å². The predicted octanol–water partition coefficient (Wildman–Crippen LogP) is 3.58. The zero-order valence-corrected chi connectivity index (χ0v) is 16.8. The molecule has 1 aromatic heterocycles. The molecule has 0 saturated heterocycles.